The zero-order valence-electron chi connectivity index (χ0n) is 18.8. The summed E-state index contributed by atoms with van der Waals surface area (Å²) >= 11 is 6.22. The van der Waals surface area contributed by atoms with Crippen molar-refractivity contribution < 1.29 is 24.2 Å². The maximum atomic E-state index is 13.3. The van der Waals surface area contributed by atoms with Crippen LogP contribution in [0.2, 0.25) is 5.02 Å². The quantitative estimate of drug-likeness (QED) is 0.436. The van der Waals surface area contributed by atoms with E-state index in [2.05, 4.69) is 16.7 Å². The topological polar surface area (TPSA) is 108 Å². The minimum Gasteiger partial charge on any atom is -0.508 e. The van der Waals surface area contributed by atoms with Gasteiger partial charge in [0.05, 0.1) is 10.7 Å². The van der Waals surface area contributed by atoms with Crippen molar-refractivity contribution in [1.82, 2.24) is 10.2 Å². The number of hydrogen-bond donors (Lipinski definition) is 3. The number of rotatable bonds is 6. The Hall–Kier alpha value is -3.70. The van der Waals surface area contributed by atoms with Crippen LogP contribution in [0.5, 0.6) is 5.75 Å². The van der Waals surface area contributed by atoms with E-state index in [4.69, 9.17) is 22.8 Å². The number of hydrogen-bond acceptors (Lipinski definition) is 5. The fraction of sp³-hybridized carbons (Fsp3) is 0.292. The number of aromatic hydroxyl groups is 1. The molecule has 1 atom stereocenters. The summed E-state index contributed by atoms with van der Waals surface area (Å²) in [7, 11) is 0. The van der Waals surface area contributed by atoms with E-state index in [9.17, 15) is 19.5 Å². The molecule has 1 unspecified atom stereocenters. The Kier molecular flexibility index (Phi) is 8.32. The largest absolute Gasteiger partial charge is 0.508 e. The van der Waals surface area contributed by atoms with E-state index in [1.54, 1.807) is 58.0 Å². The number of carbonyl (C=O) groups excluding carboxylic acids is 3. The lowest BCUT2D eigenvalue weighted by Crippen LogP contribution is -2.44. The van der Waals surface area contributed by atoms with Crippen LogP contribution >= 0.6 is 11.6 Å². The molecule has 0 spiro atoms. The van der Waals surface area contributed by atoms with Crippen LogP contribution in [0.15, 0.2) is 42.5 Å². The zero-order valence-corrected chi connectivity index (χ0v) is 19.6. The zero-order chi connectivity index (χ0) is 24.8. The van der Waals surface area contributed by atoms with E-state index < -0.39 is 36.1 Å². The molecule has 174 valence electrons. The van der Waals surface area contributed by atoms with Crippen LogP contribution in [-0.4, -0.2) is 40.1 Å². The number of aryl methyl sites for hydroxylation is 1. The normalized spacial score (nSPS) is 11.6. The summed E-state index contributed by atoms with van der Waals surface area (Å²) in [5.74, 6) is -1.69. The lowest BCUT2D eigenvalue weighted by Gasteiger charge is -2.27. The van der Waals surface area contributed by atoms with Crippen LogP contribution < -0.4 is 10.6 Å². The molecule has 2 aromatic carbocycles. The molecule has 3 N–H and O–H groups in total. The van der Waals surface area contributed by atoms with Gasteiger partial charge in [-0.2, -0.15) is 0 Å². The molecule has 8 nitrogen and oxygen atoms in total. The van der Waals surface area contributed by atoms with E-state index in [0.717, 1.165) is 4.90 Å². The Bertz CT molecular complexity index is 1070. The Morgan fingerprint density at radius 1 is 1.18 bits per heavy atom. The van der Waals surface area contributed by atoms with Crippen molar-refractivity contribution in [2.24, 2.45) is 0 Å². The molecule has 0 aliphatic heterocycles. The SMILES string of the molecule is C#CN(C(=O)CNC(=O)OC(C)(C)C)C(C(=O)Nc1c(C)cccc1Cl)c1ccccc1O. The highest BCUT2D eigenvalue weighted by atomic mass is 35.5. The molecular formula is C24H26ClN3O5. The number of para-hydroxylation sites is 2. The number of carbonyl (C=O) groups is 3. The van der Waals surface area contributed by atoms with Crippen molar-refractivity contribution in [2.45, 2.75) is 39.3 Å². The molecule has 33 heavy (non-hydrogen) atoms. The van der Waals surface area contributed by atoms with Gasteiger partial charge in [-0.25, -0.2) is 4.79 Å². The number of nitrogens with one attached hydrogen (secondary N) is 2. The molecule has 9 heteroatoms. The smallest absolute Gasteiger partial charge is 0.408 e. The number of amides is 3. The molecule has 0 aliphatic carbocycles. The third kappa shape index (κ3) is 6.89. The van der Waals surface area contributed by atoms with Gasteiger partial charge < -0.3 is 20.5 Å². The Balaban J connectivity index is 2.35. The van der Waals surface area contributed by atoms with Crippen LogP contribution in [-0.2, 0) is 14.3 Å². The van der Waals surface area contributed by atoms with E-state index >= 15 is 0 Å². The molecule has 0 heterocycles. The van der Waals surface area contributed by atoms with Gasteiger partial charge >= 0.3 is 6.09 Å². The van der Waals surface area contributed by atoms with Crippen molar-refractivity contribution in [1.29, 1.82) is 0 Å². The molecule has 2 aromatic rings. The summed E-state index contributed by atoms with van der Waals surface area (Å²) in [6.07, 6.45) is 4.77. The lowest BCUT2D eigenvalue weighted by molar-refractivity contribution is -0.134. The van der Waals surface area contributed by atoms with Gasteiger partial charge in [-0.3, -0.25) is 14.5 Å². The second-order valence-electron chi connectivity index (χ2n) is 8.13. The molecule has 3 amide bonds. The number of halogens is 1. The number of anilines is 1. The number of phenolic OH excluding ortho intramolecular Hbond substituents is 1. The van der Waals surface area contributed by atoms with Crippen molar-refractivity contribution in [3.8, 4) is 18.2 Å². The average molecular weight is 472 g/mol. The van der Waals surface area contributed by atoms with Crippen molar-refractivity contribution in [3.63, 3.8) is 0 Å². The van der Waals surface area contributed by atoms with Gasteiger partial charge in [0.1, 0.15) is 17.9 Å². The number of alkyl carbamates (subject to hydrolysis) is 1. The maximum Gasteiger partial charge on any atom is 0.408 e. The summed E-state index contributed by atoms with van der Waals surface area (Å²) < 4.78 is 5.11. The predicted octanol–water partition coefficient (Wildman–Crippen LogP) is 3.98. The van der Waals surface area contributed by atoms with Gasteiger partial charge in [-0.15, -0.1) is 0 Å². The predicted molar refractivity (Wildman–Crippen MR) is 126 cm³/mol. The summed E-state index contributed by atoms with van der Waals surface area (Å²) in [6, 6.07) is 11.9. The summed E-state index contributed by atoms with van der Waals surface area (Å²) in [4.78, 5) is 38.9. The van der Waals surface area contributed by atoms with Crippen LogP contribution in [0.3, 0.4) is 0 Å². The first-order chi connectivity index (χ1) is 15.4. The lowest BCUT2D eigenvalue weighted by atomic mass is 10.0. The Morgan fingerprint density at radius 3 is 2.42 bits per heavy atom. The second kappa shape index (κ2) is 10.7. The molecule has 2 rings (SSSR count). The first kappa shape index (κ1) is 25.6. The standard InChI is InChI=1S/C24H26ClN3O5/c1-6-28(19(30)14-26-23(32)33-24(3,4)5)21(16-11-7-8-13-18(16)29)22(31)27-20-15(2)10-9-12-17(20)25/h1,7-13,21,29H,14H2,2-5H3,(H,26,32)(H,27,31). The Labute approximate surface area is 197 Å². The van der Waals surface area contributed by atoms with Gasteiger partial charge in [0, 0.05) is 11.6 Å². The van der Waals surface area contributed by atoms with Crippen molar-refractivity contribution >= 4 is 35.2 Å². The van der Waals surface area contributed by atoms with Crippen LogP contribution in [0.25, 0.3) is 0 Å². The summed E-state index contributed by atoms with van der Waals surface area (Å²) in [5, 5.41) is 15.7. The molecule has 0 radical (unpaired) electrons. The third-order valence-corrected chi connectivity index (χ3v) is 4.71. The second-order valence-corrected chi connectivity index (χ2v) is 8.54. The minimum atomic E-state index is -1.40. The molecule has 0 aromatic heterocycles. The van der Waals surface area contributed by atoms with Gasteiger partial charge in [0.25, 0.3) is 11.8 Å². The molecule has 0 saturated heterocycles. The van der Waals surface area contributed by atoms with E-state index in [-0.39, 0.29) is 11.3 Å². The summed E-state index contributed by atoms with van der Waals surface area (Å²) in [5.41, 5.74) is 0.380. The minimum absolute atomic E-state index is 0.100. The highest BCUT2D eigenvalue weighted by Crippen LogP contribution is 2.32. The third-order valence-electron chi connectivity index (χ3n) is 4.40. The van der Waals surface area contributed by atoms with Crippen molar-refractivity contribution in [2.75, 3.05) is 11.9 Å². The highest BCUT2D eigenvalue weighted by Gasteiger charge is 2.33. The van der Waals surface area contributed by atoms with Gasteiger partial charge in [0.15, 0.2) is 6.04 Å². The fourth-order valence-corrected chi connectivity index (χ4v) is 3.20. The number of phenols is 1. The summed E-state index contributed by atoms with van der Waals surface area (Å²) in [6.45, 7) is 6.26. The van der Waals surface area contributed by atoms with Gasteiger partial charge in [-0.05, 0) is 45.4 Å². The monoisotopic (exact) mass is 471 g/mol. The average Bonchev–Trinajstić information content (AvgIpc) is 2.72. The molecule has 0 bridgehead atoms. The van der Waals surface area contributed by atoms with Crippen molar-refractivity contribution in [3.05, 3.63) is 58.6 Å². The van der Waals surface area contributed by atoms with E-state index in [0.29, 0.717) is 16.3 Å². The maximum absolute atomic E-state index is 13.3. The van der Waals surface area contributed by atoms with Crippen LogP contribution in [0.4, 0.5) is 10.5 Å². The van der Waals surface area contributed by atoms with Gasteiger partial charge in [-0.1, -0.05) is 48.4 Å². The first-order valence-corrected chi connectivity index (χ1v) is 10.4. The molecule has 0 aliphatic rings. The van der Waals surface area contributed by atoms with Crippen LogP contribution in [0.1, 0.15) is 37.9 Å². The van der Waals surface area contributed by atoms with E-state index in [1.165, 1.54) is 12.1 Å². The van der Waals surface area contributed by atoms with Crippen LogP contribution in [0, 0.1) is 19.4 Å². The first-order valence-electron chi connectivity index (χ1n) is 10.0. The molecule has 0 fully saturated rings. The number of terminal acetylenes is 1. The molecular weight excluding hydrogens is 446 g/mol. The number of ether oxygens (including phenoxy) is 1. The van der Waals surface area contributed by atoms with Gasteiger partial charge in [0.2, 0.25) is 0 Å². The Morgan fingerprint density at radius 2 is 1.85 bits per heavy atom. The number of nitrogens with zero attached hydrogens (tertiary/aromatic N) is 1. The highest BCUT2D eigenvalue weighted by molar-refractivity contribution is 6.34. The molecule has 0 saturated carbocycles. The number of benzene rings is 2. The fourth-order valence-electron chi connectivity index (χ4n) is 2.94. The van der Waals surface area contributed by atoms with E-state index in [1.807, 2.05) is 0 Å².